The lowest BCUT2D eigenvalue weighted by Crippen LogP contribution is -2.05. The Morgan fingerprint density at radius 3 is 2.52 bits per heavy atom. The number of phenolic OH excluding ortho intramolecular Hbond substituents is 1. The third-order valence-electron chi connectivity index (χ3n) is 3.59. The Balaban J connectivity index is 2.07. The molecule has 0 bridgehead atoms. The second kappa shape index (κ2) is 7.49. The minimum absolute atomic E-state index is 0.0717. The molecule has 0 heterocycles. The van der Waals surface area contributed by atoms with Crippen LogP contribution in [0.1, 0.15) is 29.7 Å². The molecule has 2 aromatic carbocycles. The van der Waals surface area contributed by atoms with Gasteiger partial charge in [0, 0.05) is 11.6 Å². The van der Waals surface area contributed by atoms with Crippen LogP contribution < -0.4 is 4.74 Å². The number of carbonyl (C=O) groups is 1. The van der Waals surface area contributed by atoms with Crippen LogP contribution in [0.2, 0.25) is 0 Å². The van der Waals surface area contributed by atoms with Gasteiger partial charge < -0.3 is 14.6 Å². The van der Waals surface area contributed by atoms with Crippen LogP contribution in [0.15, 0.2) is 48.5 Å². The molecule has 4 heteroatoms. The van der Waals surface area contributed by atoms with Crippen LogP contribution in [-0.2, 0) is 9.53 Å². The van der Waals surface area contributed by atoms with Gasteiger partial charge in [-0.3, -0.25) is 0 Å². The first kappa shape index (κ1) is 16.6. The first-order valence-corrected chi connectivity index (χ1v) is 7.33. The summed E-state index contributed by atoms with van der Waals surface area (Å²) in [5, 5.41) is 9.70. The molecule has 2 aromatic rings. The maximum Gasteiger partial charge on any atom is 0.331 e. The number of esters is 1. The second-order valence-electron chi connectivity index (χ2n) is 5.16. The smallest absolute Gasteiger partial charge is 0.331 e. The highest BCUT2D eigenvalue weighted by Crippen LogP contribution is 2.32. The fourth-order valence-electron chi connectivity index (χ4n) is 2.29. The lowest BCUT2D eigenvalue weighted by atomic mass is 10.1. The number of carbonyl (C=O) groups excluding carboxylic acids is 1. The third kappa shape index (κ3) is 4.13. The Morgan fingerprint density at radius 2 is 1.87 bits per heavy atom. The highest BCUT2D eigenvalue weighted by Gasteiger charge is 2.10. The molecule has 0 radical (unpaired) electrons. The van der Waals surface area contributed by atoms with E-state index in [1.54, 1.807) is 12.1 Å². The van der Waals surface area contributed by atoms with Crippen molar-refractivity contribution in [2.24, 2.45) is 0 Å². The van der Waals surface area contributed by atoms with Crippen LogP contribution >= 0.6 is 0 Å². The van der Waals surface area contributed by atoms with Crippen LogP contribution in [0, 0.1) is 6.92 Å². The number of ether oxygens (including phenoxy) is 2. The van der Waals surface area contributed by atoms with Gasteiger partial charge in [-0.2, -0.15) is 0 Å². The van der Waals surface area contributed by atoms with Crippen molar-refractivity contribution in [2.75, 3.05) is 7.11 Å². The average Bonchev–Trinajstić information content (AvgIpc) is 2.55. The quantitative estimate of drug-likeness (QED) is 0.669. The molecule has 0 spiro atoms. The molecule has 0 fully saturated rings. The van der Waals surface area contributed by atoms with E-state index in [-0.39, 0.29) is 11.9 Å². The Labute approximate surface area is 136 Å². The molecule has 23 heavy (non-hydrogen) atoms. The van der Waals surface area contributed by atoms with Gasteiger partial charge in [-0.1, -0.05) is 36.4 Å². The van der Waals surface area contributed by atoms with Gasteiger partial charge in [0.1, 0.15) is 6.10 Å². The van der Waals surface area contributed by atoms with E-state index < -0.39 is 5.97 Å². The predicted octanol–water partition coefficient (Wildman–Crippen LogP) is 4.03. The van der Waals surface area contributed by atoms with Gasteiger partial charge >= 0.3 is 5.97 Å². The van der Waals surface area contributed by atoms with E-state index in [1.165, 1.54) is 19.3 Å². The van der Waals surface area contributed by atoms with E-state index in [2.05, 4.69) is 0 Å². The number of methoxy groups -OCH3 is 1. The molecule has 0 saturated heterocycles. The topological polar surface area (TPSA) is 55.8 Å². The van der Waals surface area contributed by atoms with Crippen molar-refractivity contribution in [3.63, 3.8) is 0 Å². The van der Waals surface area contributed by atoms with Gasteiger partial charge in [0.25, 0.3) is 0 Å². The molecule has 1 N–H and O–H groups in total. The molecule has 0 aliphatic carbocycles. The minimum atomic E-state index is -0.423. The van der Waals surface area contributed by atoms with Crippen LogP contribution in [0.3, 0.4) is 0 Å². The van der Waals surface area contributed by atoms with Gasteiger partial charge in [-0.15, -0.1) is 0 Å². The zero-order valence-electron chi connectivity index (χ0n) is 13.4. The largest absolute Gasteiger partial charge is 0.504 e. The van der Waals surface area contributed by atoms with E-state index >= 15 is 0 Å². The molecule has 120 valence electrons. The summed E-state index contributed by atoms with van der Waals surface area (Å²) in [5.74, 6) is 0.0494. The summed E-state index contributed by atoms with van der Waals surface area (Å²) in [4.78, 5) is 11.9. The molecule has 0 aromatic heterocycles. The summed E-state index contributed by atoms with van der Waals surface area (Å²) < 4.78 is 10.5. The van der Waals surface area contributed by atoms with Crippen LogP contribution in [0.4, 0.5) is 0 Å². The summed E-state index contributed by atoms with van der Waals surface area (Å²) in [6.07, 6.45) is 2.71. The van der Waals surface area contributed by atoms with Crippen molar-refractivity contribution in [3.8, 4) is 11.5 Å². The van der Waals surface area contributed by atoms with Gasteiger partial charge in [0.15, 0.2) is 11.5 Å². The number of phenols is 1. The van der Waals surface area contributed by atoms with Gasteiger partial charge in [0.05, 0.1) is 7.11 Å². The number of hydrogen-bond donors (Lipinski definition) is 1. The first-order chi connectivity index (χ1) is 11.0. The Morgan fingerprint density at radius 1 is 1.17 bits per heavy atom. The normalized spacial score (nSPS) is 12.1. The summed E-state index contributed by atoms with van der Waals surface area (Å²) in [7, 11) is 1.49. The number of rotatable bonds is 5. The summed E-state index contributed by atoms with van der Waals surface area (Å²) in [6, 6.07) is 12.8. The third-order valence-corrected chi connectivity index (χ3v) is 3.59. The van der Waals surface area contributed by atoms with Crippen molar-refractivity contribution in [3.05, 3.63) is 65.2 Å². The zero-order chi connectivity index (χ0) is 16.8. The average molecular weight is 312 g/mol. The van der Waals surface area contributed by atoms with Gasteiger partial charge in [0.2, 0.25) is 0 Å². The molecule has 0 saturated carbocycles. The summed E-state index contributed by atoms with van der Waals surface area (Å²) >= 11 is 0. The molecule has 0 aliphatic rings. The Bertz CT molecular complexity index is 705. The fraction of sp³-hybridized carbons (Fsp3) is 0.211. The predicted molar refractivity (Wildman–Crippen MR) is 89.4 cm³/mol. The Kier molecular flexibility index (Phi) is 5.41. The molecule has 0 aliphatic heterocycles. The van der Waals surface area contributed by atoms with Crippen molar-refractivity contribution in [2.45, 2.75) is 20.0 Å². The van der Waals surface area contributed by atoms with Crippen molar-refractivity contribution < 1.29 is 19.4 Å². The van der Waals surface area contributed by atoms with Crippen molar-refractivity contribution in [1.29, 1.82) is 0 Å². The molecule has 0 amide bonds. The highest BCUT2D eigenvalue weighted by molar-refractivity contribution is 5.87. The standard InChI is InChI=1S/C19H20O4/c1-13-15(9-11-17(20)19(13)22-3)10-12-18(21)23-14(2)16-7-5-4-6-8-16/h4-12,14,20H,1-3H3. The van der Waals surface area contributed by atoms with Crippen molar-refractivity contribution >= 4 is 12.0 Å². The number of aromatic hydroxyl groups is 1. The van der Waals surface area contributed by atoms with Crippen LogP contribution in [-0.4, -0.2) is 18.2 Å². The van der Waals surface area contributed by atoms with Crippen LogP contribution in [0.25, 0.3) is 6.08 Å². The SMILES string of the molecule is COc1c(O)ccc(C=CC(=O)OC(C)c2ccccc2)c1C. The molecule has 4 nitrogen and oxygen atoms in total. The molecular formula is C19H20O4. The van der Waals surface area contributed by atoms with E-state index in [4.69, 9.17) is 9.47 Å². The van der Waals surface area contributed by atoms with Gasteiger partial charge in [-0.05, 0) is 37.1 Å². The minimum Gasteiger partial charge on any atom is -0.504 e. The van der Waals surface area contributed by atoms with E-state index in [1.807, 2.05) is 44.2 Å². The number of benzene rings is 2. The molecular weight excluding hydrogens is 292 g/mol. The fourth-order valence-corrected chi connectivity index (χ4v) is 2.29. The lowest BCUT2D eigenvalue weighted by molar-refractivity contribution is -0.142. The summed E-state index contributed by atoms with van der Waals surface area (Å²) in [5.41, 5.74) is 2.48. The van der Waals surface area contributed by atoms with E-state index in [0.717, 1.165) is 16.7 Å². The molecule has 1 unspecified atom stereocenters. The van der Waals surface area contributed by atoms with Gasteiger partial charge in [-0.25, -0.2) is 4.79 Å². The maximum atomic E-state index is 11.9. The summed E-state index contributed by atoms with van der Waals surface area (Å²) in [6.45, 7) is 3.64. The van der Waals surface area contributed by atoms with Crippen LogP contribution in [0.5, 0.6) is 11.5 Å². The monoisotopic (exact) mass is 312 g/mol. The lowest BCUT2D eigenvalue weighted by Gasteiger charge is -2.12. The molecule has 2 rings (SSSR count). The zero-order valence-corrected chi connectivity index (χ0v) is 13.4. The Hall–Kier alpha value is -2.75. The van der Waals surface area contributed by atoms with E-state index in [9.17, 15) is 9.90 Å². The molecule has 1 atom stereocenters. The van der Waals surface area contributed by atoms with Crippen molar-refractivity contribution in [1.82, 2.24) is 0 Å². The first-order valence-electron chi connectivity index (χ1n) is 7.33. The second-order valence-corrected chi connectivity index (χ2v) is 5.16. The maximum absolute atomic E-state index is 11.9. The van der Waals surface area contributed by atoms with E-state index in [0.29, 0.717) is 5.75 Å². The number of hydrogen-bond acceptors (Lipinski definition) is 4. The highest BCUT2D eigenvalue weighted by atomic mass is 16.5.